The molecule has 12 heavy (non-hydrogen) atoms. The monoisotopic (exact) mass is 170 g/mol. The molecular weight excluding hydrogens is 152 g/mol. The molecule has 0 radical (unpaired) electrons. The van der Waals surface area contributed by atoms with Gasteiger partial charge in [-0.05, 0) is 37.5 Å². The second kappa shape index (κ2) is 4.24. The van der Waals surface area contributed by atoms with Gasteiger partial charge in [-0.2, -0.15) is 0 Å². The molecule has 2 heterocycles. The Morgan fingerprint density at radius 2 is 0.917 bits per heavy atom. The van der Waals surface area contributed by atoms with Gasteiger partial charge in [0, 0.05) is 26.4 Å². The minimum atomic E-state index is 0.933. The van der Waals surface area contributed by atoms with E-state index in [0.29, 0.717) is 0 Å². The van der Waals surface area contributed by atoms with E-state index in [-0.39, 0.29) is 0 Å². The summed E-state index contributed by atoms with van der Waals surface area (Å²) in [6.45, 7) is 3.95. The summed E-state index contributed by atoms with van der Waals surface area (Å²) in [6, 6.07) is 0. The predicted molar refractivity (Wildman–Crippen MR) is 47.1 cm³/mol. The molecule has 0 aromatic carbocycles. The molecule has 0 amide bonds. The Hall–Kier alpha value is -0.0800. The Morgan fingerprint density at radius 1 is 0.583 bits per heavy atom. The largest absolute Gasteiger partial charge is 0.381 e. The highest BCUT2D eigenvalue weighted by Crippen LogP contribution is 2.30. The zero-order valence-corrected chi connectivity index (χ0v) is 7.63. The maximum absolute atomic E-state index is 5.36. The second-order valence-corrected chi connectivity index (χ2v) is 3.90. The van der Waals surface area contributed by atoms with Gasteiger partial charge >= 0.3 is 0 Å². The van der Waals surface area contributed by atoms with Gasteiger partial charge in [-0.1, -0.05) is 0 Å². The zero-order valence-electron chi connectivity index (χ0n) is 7.63. The van der Waals surface area contributed by atoms with E-state index in [9.17, 15) is 0 Å². The Morgan fingerprint density at radius 3 is 1.25 bits per heavy atom. The molecule has 0 unspecified atom stereocenters. The highest BCUT2D eigenvalue weighted by atomic mass is 16.5. The number of hydrogen-bond acceptors (Lipinski definition) is 2. The van der Waals surface area contributed by atoms with Crippen LogP contribution in [0.25, 0.3) is 0 Å². The summed E-state index contributed by atoms with van der Waals surface area (Å²) in [4.78, 5) is 0. The smallest absolute Gasteiger partial charge is 0.0468 e. The van der Waals surface area contributed by atoms with E-state index in [1.165, 1.54) is 25.7 Å². The average molecular weight is 170 g/mol. The highest BCUT2D eigenvalue weighted by Gasteiger charge is 2.25. The number of hydrogen-bond donors (Lipinski definition) is 0. The van der Waals surface area contributed by atoms with Crippen molar-refractivity contribution in [3.63, 3.8) is 0 Å². The molecule has 0 saturated carbocycles. The van der Waals surface area contributed by atoms with Crippen LogP contribution in [-0.4, -0.2) is 26.4 Å². The summed E-state index contributed by atoms with van der Waals surface area (Å²) >= 11 is 0. The summed E-state index contributed by atoms with van der Waals surface area (Å²) < 4.78 is 10.7. The summed E-state index contributed by atoms with van der Waals surface area (Å²) in [7, 11) is 0. The van der Waals surface area contributed by atoms with Gasteiger partial charge in [-0.3, -0.25) is 0 Å². The molecule has 2 aliphatic rings. The fraction of sp³-hybridized carbons (Fsp3) is 1.00. The van der Waals surface area contributed by atoms with Gasteiger partial charge in [0.15, 0.2) is 0 Å². The average Bonchev–Trinajstić information content (AvgIpc) is 2.21. The molecule has 0 atom stereocenters. The quantitative estimate of drug-likeness (QED) is 0.598. The van der Waals surface area contributed by atoms with Crippen molar-refractivity contribution in [2.24, 2.45) is 11.8 Å². The maximum atomic E-state index is 5.36. The topological polar surface area (TPSA) is 18.5 Å². The first-order chi connectivity index (χ1) is 5.97. The van der Waals surface area contributed by atoms with Crippen LogP contribution in [0.4, 0.5) is 0 Å². The second-order valence-electron chi connectivity index (χ2n) is 3.90. The third kappa shape index (κ3) is 1.99. The molecule has 0 bridgehead atoms. The van der Waals surface area contributed by atoms with Crippen molar-refractivity contribution in [1.82, 2.24) is 0 Å². The van der Waals surface area contributed by atoms with Gasteiger partial charge in [0.05, 0.1) is 0 Å². The van der Waals surface area contributed by atoms with Gasteiger partial charge in [-0.15, -0.1) is 0 Å². The lowest BCUT2D eigenvalue weighted by atomic mass is 9.81. The molecular formula is C10H18O2. The van der Waals surface area contributed by atoms with Crippen LogP contribution in [0.15, 0.2) is 0 Å². The minimum absolute atomic E-state index is 0.933. The molecule has 2 heteroatoms. The normalized spacial score (nSPS) is 29.0. The van der Waals surface area contributed by atoms with E-state index < -0.39 is 0 Å². The van der Waals surface area contributed by atoms with E-state index in [1.54, 1.807) is 0 Å². The first-order valence-corrected chi connectivity index (χ1v) is 5.12. The highest BCUT2D eigenvalue weighted by molar-refractivity contribution is 4.74. The fourth-order valence-electron chi connectivity index (χ4n) is 2.37. The molecule has 0 aromatic rings. The van der Waals surface area contributed by atoms with Crippen LogP contribution in [0.3, 0.4) is 0 Å². The van der Waals surface area contributed by atoms with Crippen molar-refractivity contribution in [3.05, 3.63) is 0 Å². The lowest BCUT2D eigenvalue weighted by Crippen LogP contribution is -2.28. The van der Waals surface area contributed by atoms with Gasteiger partial charge in [0.25, 0.3) is 0 Å². The maximum Gasteiger partial charge on any atom is 0.0468 e. The first-order valence-electron chi connectivity index (χ1n) is 5.12. The fourth-order valence-corrected chi connectivity index (χ4v) is 2.37. The van der Waals surface area contributed by atoms with Crippen LogP contribution in [0, 0.1) is 11.8 Å². The van der Waals surface area contributed by atoms with E-state index in [1.807, 2.05) is 0 Å². The Bertz CT molecular complexity index is 108. The summed E-state index contributed by atoms with van der Waals surface area (Å²) in [5, 5.41) is 0. The van der Waals surface area contributed by atoms with Crippen molar-refractivity contribution < 1.29 is 9.47 Å². The van der Waals surface area contributed by atoms with E-state index in [2.05, 4.69) is 0 Å². The summed E-state index contributed by atoms with van der Waals surface area (Å²) in [6.07, 6.45) is 5.13. The van der Waals surface area contributed by atoms with Crippen molar-refractivity contribution in [1.29, 1.82) is 0 Å². The predicted octanol–water partition coefficient (Wildman–Crippen LogP) is 1.84. The first kappa shape index (κ1) is 8.52. The van der Waals surface area contributed by atoms with Crippen molar-refractivity contribution >= 4 is 0 Å². The molecule has 0 aliphatic carbocycles. The van der Waals surface area contributed by atoms with E-state index in [4.69, 9.17) is 9.47 Å². The van der Waals surface area contributed by atoms with Gasteiger partial charge in [0.2, 0.25) is 0 Å². The van der Waals surface area contributed by atoms with Crippen LogP contribution in [0.2, 0.25) is 0 Å². The minimum Gasteiger partial charge on any atom is -0.381 e. The Labute approximate surface area is 74.2 Å². The lowest BCUT2D eigenvalue weighted by molar-refractivity contribution is 0.00252. The molecule has 2 fully saturated rings. The van der Waals surface area contributed by atoms with Gasteiger partial charge in [0.1, 0.15) is 0 Å². The standard InChI is InChI=1S/C10H18O2/c1-5-11-6-2-9(1)10-3-7-12-8-4-10/h9-10H,1-8H2. The lowest BCUT2D eigenvalue weighted by Gasteiger charge is -2.32. The van der Waals surface area contributed by atoms with E-state index >= 15 is 0 Å². The molecule has 2 nitrogen and oxygen atoms in total. The van der Waals surface area contributed by atoms with Crippen molar-refractivity contribution in [2.45, 2.75) is 25.7 Å². The summed E-state index contributed by atoms with van der Waals surface area (Å²) in [5.74, 6) is 1.87. The number of ether oxygens (including phenoxy) is 2. The van der Waals surface area contributed by atoms with Crippen LogP contribution >= 0.6 is 0 Å². The SMILES string of the molecule is C1CC(C2CCOCC2)CCO1. The van der Waals surface area contributed by atoms with Crippen molar-refractivity contribution in [2.75, 3.05) is 26.4 Å². The molecule has 70 valence electrons. The molecule has 2 rings (SSSR count). The van der Waals surface area contributed by atoms with Crippen LogP contribution in [0.5, 0.6) is 0 Å². The van der Waals surface area contributed by atoms with Crippen LogP contribution < -0.4 is 0 Å². The molecule has 0 aromatic heterocycles. The Balaban J connectivity index is 1.80. The summed E-state index contributed by atoms with van der Waals surface area (Å²) in [5.41, 5.74) is 0. The number of rotatable bonds is 1. The van der Waals surface area contributed by atoms with Gasteiger partial charge in [-0.25, -0.2) is 0 Å². The van der Waals surface area contributed by atoms with E-state index in [0.717, 1.165) is 38.3 Å². The Kier molecular flexibility index (Phi) is 3.01. The molecule has 2 saturated heterocycles. The third-order valence-electron chi connectivity index (χ3n) is 3.20. The zero-order chi connectivity index (χ0) is 8.23. The molecule has 2 aliphatic heterocycles. The van der Waals surface area contributed by atoms with Gasteiger partial charge < -0.3 is 9.47 Å². The van der Waals surface area contributed by atoms with Crippen LogP contribution in [0.1, 0.15) is 25.7 Å². The molecule has 0 N–H and O–H groups in total. The molecule has 0 spiro atoms. The van der Waals surface area contributed by atoms with Crippen molar-refractivity contribution in [3.8, 4) is 0 Å². The van der Waals surface area contributed by atoms with Crippen LogP contribution in [-0.2, 0) is 9.47 Å². The third-order valence-corrected chi connectivity index (χ3v) is 3.20.